The van der Waals surface area contributed by atoms with E-state index < -0.39 is 0 Å². The molecule has 1 fully saturated rings. The van der Waals surface area contributed by atoms with Crippen molar-refractivity contribution in [3.05, 3.63) is 36.0 Å². The first-order chi connectivity index (χ1) is 7.79. The van der Waals surface area contributed by atoms with Gasteiger partial charge in [-0.1, -0.05) is 37.3 Å². The van der Waals surface area contributed by atoms with Gasteiger partial charge in [0, 0.05) is 6.42 Å². The lowest BCUT2D eigenvalue weighted by Crippen LogP contribution is -2.27. The van der Waals surface area contributed by atoms with Crippen LogP contribution in [0.2, 0.25) is 0 Å². The molecule has 0 aromatic heterocycles. The molecule has 0 radical (unpaired) electrons. The summed E-state index contributed by atoms with van der Waals surface area (Å²) in [4.78, 5) is 11.1. The number of allylic oxidation sites excluding steroid dienone is 4. The summed E-state index contributed by atoms with van der Waals surface area (Å²) in [6.07, 6.45) is 14.9. The Morgan fingerprint density at radius 2 is 2.44 bits per heavy atom. The van der Waals surface area contributed by atoms with Crippen molar-refractivity contribution in [2.24, 2.45) is 5.92 Å². The molecule has 1 heterocycles. The van der Waals surface area contributed by atoms with Gasteiger partial charge in [-0.15, -0.1) is 0 Å². The normalized spacial score (nSPS) is 29.6. The van der Waals surface area contributed by atoms with E-state index in [1.54, 1.807) is 0 Å². The van der Waals surface area contributed by atoms with Gasteiger partial charge in [-0.05, 0) is 30.8 Å². The highest BCUT2D eigenvalue weighted by molar-refractivity contribution is 5.79. The molecule has 2 unspecified atom stereocenters. The van der Waals surface area contributed by atoms with Gasteiger partial charge in [-0.25, -0.2) is 0 Å². The summed E-state index contributed by atoms with van der Waals surface area (Å²) in [5, 5.41) is 3.01. The van der Waals surface area contributed by atoms with Gasteiger partial charge >= 0.3 is 0 Å². The number of carbonyl (C=O) groups is 1. The number of nitrogens with one attached hydrogen (secondary N) is 1. The Kier molecular flexibility index (Phi) is 3.60. The van der Waals surface area contributed by atoms with Crippen LogP contribution in [0.25, 0.3) is 0 Å². The Bertz CT molecular complexity index is 352. The van der Waals surface area contributed by atoms with Crippen molar-refractivity contribution in [3.63, 3.8) is 0 Å². The Labute approximate surface area is 97.1 Å². The monoisotopic (exact) mass is 217 g/mol. The summed E-state index contributed by atoms with van der Waals surface area (Å²) in [6, 6.07) is 0.264. The zero-order valence-electron chi connectivity index (χ0n) is 9.78. The molecule has 2 atom stereocenters. The van der Waals surface area contributed by atoms with E-state index in [0.29, 0.717) is 12.3 Å². The van der Waals surface area contributed by atoms with E-state index in [-0.39, 0.29) is 11.9 Å². The second kappa shape index (κ2) is 5.15. The highest BCUT2D eigenvalue weighted by Crippen LogP contribution is 2.23. The first-order valence-electron chi connectivity index (χ1n) is 6.14. The molecule has 1 N–H and O–H groups in total. The number of amides is 1. The Balaban J connectivity index is 1.91. The minimum atomic E-state index is 0.187. The van der Waals surface area contributed by atoms with Crippen LogP contribution in [0, 0.1) is 5.92 Å². The molecule has 86 valence electrons. The predicted molar refractivity (Wildman–Crippen MR) is 65.9 cm³/mol. The minimum Gasteiger partial charge on any atom is -0.349 e. The average molecular weight is 217 g/mol. The quantitative estimate of drug-likeness (QED) is 0.724. The van der Waals surface area contributed by atoms with Gasteiger partial charge in [0.15, 0.2) is 0 Å². The topological polar surface area (TPSA) is 29.1 Å². The summed E-state index contributed by atoms with van der Waals surface area (Å²) >= 11 is 0. The van der Waals surface area contributed by atoms with Crippen molar-refractivity contribution in [1.82, 2.24) is 5.32 Å². The molecule has 0 bridgehead atoms. The van der Waals surface area contributed by atoms with Gasteiger partial charge in [-0.3, -0.25) is 4.79 Å². The van der Waals surface area contributed by atoms with Gasteiger partial charge in [0.2, 0.25) is 5.91 Å². The standard InChI is InChI=1S/C14H19NO/c1-2-3-4-11-5-7-12(8-6-11)13-9-10-14(16)15-13/h3-5,7-8,11,13H,2,6,9-10H2,1H3,(H,15,16)/b4-3+. The van der Waals surface area contributed by atoms with E-state index in [0.717, 1.165) is 19.3 Å². The van der Waals surface area contributed by atoms with Crippen molar-refractivity contribution >= 4 is 5.91 Å². The zero-order valence-corrected chi connectivity index (χ0v) is 9.78. The molecule has 16 heavy (non-hydrogen) atoms. The van der Waals surface area contributed by atoms with Crippen molar-refractivity contribution < 1.29 is 4.79 Å². The van der Waals surface area contributed by atoms with E-state index in [2.05, 4.69) is 42.6 Å². The first-order valence-corrected chi connectivity index (χ1v) is 6.14. The van der Waals surface area contributed by atoms with Gasteiger partial charge in [-0.2, -0.15) is 0 Å². The molecule has 0 saturated carbocycles. The molecule has 2 rings (SSSR count). The Morgan fingerprint density at radius 1 is 1.56 bits per heavy atom. The molecule has 1 aliphatic carbocycles. The van der Waals surface area contributed by atoms with Gasteiger partial charge in [0.05, 0.1) is 6.04 Å². The molecule has 2 nitrogen and oxygen atoms in total. The van der Waals surface area contributed by atoms with Crippen LogP contribution in [0.15, 0.2) is 36.0 Å². The SMILES string of the molecule is CC/C=C/C1C=CC(C2CCC(=O)N2)=CC1. The van der Waals surface area contributed by atoms with Crippen molar-refractivity contribution in [2.75, 3.05) is 0 Å². The van der Waals surface area contributed by atoms with Crippen molar-refractivity contribution in [3.8, 4) is 0 Å². The second-order valence-electron chi connectivity index (χ2n) is 4.46. The molecule has 0 aromatic carbocycles. The lowest BCUT2D eigenvalue weighted by Gasteiger charge is -2.17. The number of hydrogen-bond acceptors (Lipinski definition) is 1. The van der Waals surface area contributed by atoms with E-state index in [9.17, 15) is 4.79 Å². The molecule has 2 aliphatic rings. The lowest BCUT2D eigenvalue weighted by molar-refractivity contribution is -0.119. The smallest absolute Gasteiger partial charge is 0.220 e. The third kappa shape index (κ3) is 2.63. The van der Waals surface area contributed by atoms with Crippen LogP contribution in [-0.4, -0.2) is 11.9 Å². The van der Waals surface area contributed by atoms with Crippen molar-refractivity contribution in [2.45, 2.75) is 38.6 Å². The summed E-state index contributed by atoms with van der Waals surface area (Å²) in [5.41, 5.74) is 1.28. The molecule has 0 spiro atoms. The van der Waals surface area contributed by atoms with E-state index in [4.69, 9.17) is 0 Å². The van der Waals surface area contributed by atoms with Crippen LogP contribution in [0.1, 0.15) is 32.6 Å². The van der Waals surface area contributed by atoms with Gasteiger partial charge in [0.1, 0.15) is 0 Å². The number of rotatable bonds is 3. The zero-order chi connectivity index (χ0) is 11.4. The fourth-order valence-electron chi connectivity index (χ4n) is 2.23. The summed E-state index contributed by atoms with van der Waals surface area (Å²) < 4.78 is 0. The van der Waals surface area contributed by atoms with Crippen LogP contribution in [0.3, 0.4) is 0 Å². The molecule has 0 aromatic rings. The molecular formula is C14H19NO. The summed E-state index contributed by atoms with van der Waals surface area (Å²) in [5.74, 6) is 0.730. The third-order valence-corrected chi connectivity index (χ3v) is 3.18. The first kappa shape index (κ1) is 11.2. The fraction of sp³-hybridized carbons (Fsp3) is 0.500. The van der Waals surface area contributed by atoms with Gasteiger partial charge in [0.25, 0.3) is 0 Å². The van der Waals surface area contributed by atoms with E-state index in [1.807, 2.05) is 0 Å². The Morgan fingerprint density at radius 3 is 3.00 bits per heavy atom. The van der Waals surface area contributed by atoms with Crippen LogP contribution >= 0.6 is 0 Å². The lowest BCUT2D eigenvalue weighted by atomic mass is 9.92. The second-order valence-corrected chi connectivity index (χ2v) is 4.46. The highest BCUT2D eigenvalue weighted by Gasteiger charge is 2.23. The number of carbonyl (C=O) groups excluding carboxylic acids is 1. The minimum absolute atomic E-state index is 0.187. The summed E-state index contributed by atoms with van der Waals surface area (Å²) in [6.45, 7) is 2.15. The average Bonchev–Trinajstić information content (AvgIpc) is 2.74. The maximum absolute atomic E-state index is 11.1. The molecular weight excluding hydrogens is 198 g/mol. The van der Waals surface area contributed by atoms with Crippen LogP contribution < -0.4 is 5.32 Å². The molecule has 1 saturated heterocycles. The third-order valence-electron chi connectivity index (χ3n) is 3.18. The molecule has 1 amide bonds. The molecule has 1 aliphatic heterocycles. The maximum Gasteiger partial charge on any atom is 0.220 e. The fourth-order valence-corrected chi connectivity index (χ4v) is 2.23. The summed E-state index contributed by atoms with van der Waals surface area (Å²) in [7, 11) is 0. The maximum atomic E-state index is 11.1. The van der Waals surface area contributed by atoms with Crippen LogP contribution in [0.5, 0.6) is 0 Å². The van der Waals surface area contributed by atoms with Crippen molar-refractivity contribution in [1.29, 1.82) is 0 Å². The van der Waals surface area contributed by atoms with Gasteiger partial charge < -0.3 is 5.32 Å². The van der Waals surface area contributed by atoms with Crippen LogP contribution in [-0.2, 0) is 4.79 Å². The molecule has 2 heteroatoms. The highest BCUT2D eigenvalue weighted by atomic mass is 16.1. The van der Waals surface area contributed by atoms with E-state index in [1.165, 1.54) is 5.57 Å². The predicted octanol–water partition coefficient (Wildman–Crippen LogP) is 2.73. The number of hydrogen-bond donors (Lipinski definition) is 1. The largest absolute Gasteiger partial charge is 0.349 e. The van der Waals surface area contributed by atoms with E-state index >= 15 is 0 Å². The van der Waals surface area contributed by atoms with Crippen LogP contribution in [0.4, 0.5) is 0 Å². The Hall–Kier alpha value is -1.31.